The monoisotopic (exact) mass is 715 g/mol. The Balaban J connectivity index is 1.54. The van der Waals surface area contributed by atoms with Crippen LogP contribution in [0.15, 0.2) is 103 Å². The van der Waals surface area contributed by atoms with E-state index in [1.807, 2.05) is 6.08 Å². The third-order valence-corrected chi connectivity index (χ3v) is 9.51. The van der Waals surface area contributed by atoms with Gasteiger partial charge < -0.3 is 9.13 Å². The highest BCUT2D eigenvalue weighted by molar-refractivity contribution is 6.10. The quantitative estimate of drug-likeness (QED) is 0.168. The molecule has 12 heteroatoms. The first kappa shape index (κ1) is 33.2. The van der Waals surface area contributed by atoms with Gasteiger partial charge in [0.05, 0.1) is 44.6 Å². The summed E-state index contributed by atoms with van der Waals surface area (Å²) in [7, 11) is 0. The zero-order valence-electron chi connectivity index (χ0n) is 26.5. The Kier molecular flexibility index (Phi) is 7.36. The van der Waals surface area contributed by atoms with Gasteiger partial charge in [-0.2, -0.15) is 44.8 Å². The molecule has 0 radical (unpaired) electrons. The number of benzene rings is 5. The first-order valence-electron chi connectivity index (χ1n) is 15.9. The van der Waals surface area contributed by atoms with Gasteiger partial charge in [-0.05, 0) is 96.3 Å². The maximum absolute atomic E-state index is 14.5. The van der Waals surface area contributed by atoms with Gasteiger partial charge in [0.1, 0.15) is 11.6 Å². The second kappa shape index (κ2) is 11.5. The summed E-state index contributed by atoms with van der Waals surface area (Å²) in [6.45, 7) is 0. The molecule has 8 rings (SSSR count). The molecule has 0 unspecified atom stereocenters. The lowest BCUT2D eigenvalue weighted by atomic mass is 9.95. The molecule has 5 aromatic carbocycles. The molecule has 0 N–H and O–H groups in total. The Bertz CT molecular complexity index is 2660. The van der Waals surface area contributed by atoms with Crippen LogP contribution in [0.5, 0.6) is 0 Å². The molecule has 0 amide bonds. The third-order valence-electron chi connectivity index (χ3n) is 9.51. The largest absolute Gasteiger partial charge is 0.417 e. The lowest BCUT2D eigenvalue weighted by Crippen LogP contribution is -2.10. The molecule has 2 aromatic heterocycles. The molecule has 1 aliphatic carbocycles. The molecule has 0 saturated carbocycles. The molecule has 0 spiro atoms. The van der Waals surface area contributed by atoms with Crippen molar-refractivity contribution in [2.24, 2.45) is 0 Å². The van der Waals surface area contributed by atoms with Gasteiger partial charge in [-0.15, -0.1) is 0 Å². The van der Waals surface area contributed by atoms with Crippen LogP contribution in [0.4, 0.5) is 39.5 Å². The van der Waals surface area contributed by atoms with Gasteiger partial charge >= 0.3 is 18.5 Å². The number of hydrogen-bond donors (Lipinski definition) is 0. The summed E-state index contributed by atoms with van der Waals surface area (Å²) >= 11 is 0. The van der Waals surface area contributed by atoms with Crippen LogP contribution in [0, 0.1) is 11.3 Å². The van der Waals surface area contributed by atoms with Crippen molar-refractivity contribution in [1.82, 2.24) is 9.13 Å². The molecule has 260 valence electrons. The molecule has 52 heavy (non-hydrogen) atoms. The van der Waals surface area contributed by atoms with Gasteiger partial charge in [-0.25, -0.2) is 0 Å². The summed E-state index contributed by atoms with van der Waals surface area (Å²) in [5.74, 6) is 0. The van der Waals surface area contributed by atoms with Gasteiger partial charge in [-0.1, -0.05) is 42.5 Å². The van der Waals surface area contributed by atoms with Crippen LogP contribution >= 0.6 is 0 Å². The number of para-hydroxylation sites is 1. The second-order valence-electron chi connectivity index (χ2n) is 12.5. The van der Waals surface area contributed by atoms with Crippen LogP contribution in [0.3, 0.4) is 0 Å². The minimum absolute atomic E-state index is 0.0251. The van der Waals surface area contributed by atoms with E-state index in [0.717, 1.165) is 30.3 Å². The van der Waals surface area contributed by atoms with Gasteiger partial charge in [0.15, 0.2) is 0 Å². The minimum atomic E-state index is -4.79. The Morgan fingerprint density at radius 2 is 1.15 bits per heavy atom. The molecular weight excluding hydrogens is 693 g/mol. The molecule has 0 aliphatic heterocycles. The Morgan fingerprint density at radius 1 is 0.577 bits per heavy atom. The number of alkyl halides is 9. The fourth-order valence-corrected chi connectivity index (χ4v) is 7.30. The maximum Gasteiger partial charge on any atom is 0.417 e. The third kappa shape index (κ3) is 5.22. The summed E-state index contributed by atoms with van der Waals surface area (Å²) in [5, 5.41) is 11.8. The second-order valence-corrected chi connectivity index (χ2v) is 12.5. The van der Waals surface area contributed by atoms with E-state index >= 15 is 0 Å². The van der Waals surface area contributed by atoms with E-state index in [9.17, 15) is 44.8 Å². The standard InChI is InChI=1S/C40H22F9N3/c41-38(42,43)23-13-15-34-28(19-23)26-8-2-5-11-32(26)51(34)36-17-22(25-7-1-4-10-31(25)40(47,48)49)18-37(30(36)21-50)52-33-12-6-3-9-27(33)29-20-24(39(44,45)46)14-16-35(29)52/h1-2,4-8,10-20H,3,9H2. The fourth-order valence-electron chi connectivity index (χ4n) is 7.30. The number of nitriles is 1. The molecule has 0 saturated heterocycles. The van der Waals surface area contributed by atoms with Crippen molar-refractivity contribution >= 4 is 38.8 Å². The molecule has 2 heterocycles. The van der Waals surface area contributed by atoms with E-state index in [1.54, 1.807) is 39.5 Å². The summed E-state index contributed by atoms with van der Waals surface area (Å²) < 4.78 is 130. The van der Waals surface area contributed by atoms with Crippen molar-refractivity contribution in [2.45, 2.75) is 31.4 Å². The van der Waals surface area contributed by atoms with E-state index in [0.29, 0.717) is 40.5 Å². The number of hydrogen-bond acceptors (Lipinski definition) is 1. The van der Waals surface area contributed by atoms with Crippen molar-refractivity contribution in [2.75, 3.05) is 0 Å². The summed E-state index contributed by atoms with van der Waals surface area (Å²) in [6, 6.07) is 22.7. The highest BCUT2D eigenvalue weighted by Crippen LogP contribution is 2.45. The van der Waals surface area contributed by atoms with Gasteiger partial charge in [0, 0.05) is 21.9 Å². The number of rotatable bonds is 3. The smallest absolute Gasteiger partial charge is 0.308 e. The Morgan fingerprint density at radius 3 is 1.81 bits per heavy atom. The predicted molar refractivity (Wildman–Crippen MR) is 180 cm³/mol. The normalized spacial score (nSPS) is 13.6. The van der Waals surface area contributed by atoms with Crippen LogP contribution in [-0.2, 0) is 24.9 Å². The predicted octanol–water partition coefficient (Wildman–Crippen LogP) is 12.3. The van der Waals surface area contributed by atoms with E-state index < -0.39 is 35.2 Å². The molecule has 7 aromatic rings. The van der Waals surface area contributed by atoms with Gasteiger partial charge in [-0.3, -0.25) is 0 Å². The first-order chi connectivity index (χ1) is 24.7. The number of aryl methyl sites for hydroxylation is 1. The van der Waals surface area contributed by atoms with Crippen LogP contribution in [0.25, 0.3) is 61.3 Å². The van der Waals surface area contributed by atoms with Crippen LogP contribution in [0.1, 0.15) is 39.9 Å². The number of nitrogens with zero attached hydrogens (tertiary/aromatic N) is 3. The number of fused-ring (bicyclic) bond motifs is 6. The number of aromatic nitrogens is 2. The molecule has 0 bridgehead atoms. The van der Waals surface area contributed by atoms with Crippen LogP contribution in [-0.4, -0.2) is 9.13 Å². The van der Waals surface area contributed by atoms with E-state index in [2.05, 4.69) is 6.07 Å². The Labute approximate surface area is 289 Å². The lowest BCUT2D eigenvalue weighted by Gasteiger charge is -2.21. The molecule has 1 aliphatic rings. The summed E-state index contributed by atoms with van der Waals surface area (Å²) in [5.41, 5.74) is -0.904. The van der Waals surface area contributed by atoms with Crippen molar-refractivity contribution in [3.05, 3.63) is 137 Å². The SMILES string of the molecule is N#Cc1c(-n2c3c(c4cc(C(F)(F)F)ccc42)CCC=C3)cc(-c2ccccc2C(F)(F)F)cc1-n1c2ccccc2c2cc(C(F)(F)F)ccc21. The average molecular weight is 716 g/mol. The van der Waals surface area contributed by atoms with Crippen molar-refractivity contribution in [3.8, 4) is 28.6 Å². The number of halogens is 9. The van der Waals surface area contributed by atoms with Gasteiger partial charge in [0.25, 0.3) is 0 Å². The zero-order chi connectivity index (χ0) is 36.7. The van der Waals surface area contributed by atoms with E-state index in [-0.39, 0.29) is 44.4 Å². The molecular formula is C40H22F9N3. The lowest BCUT2D eigenvalue weighted by molar-refractivity contribution is -0.138. The highest BCUT2D eigenvalue weighted by Gasteiger charge is 2.36. The average Bonchev–Trinajstić information content (AvgIpc) is 3.62. The van der Waals surface area contributed by atoms with Crippen LogP contribution in [0.2, 0.25) is 0 Å². The van der Waals surface area contributed by atoms with E-state index in [4.69, 9.17) is 0 Å². The summed E-state index contributed by atoms with van der Waals surface area (Å²) in [6.07, 6.45) is -9.68. The maximum atomic E-state index is 14.5. The molecule has 0 fully saturated rings. The zero-order valence-corrected chi connectivity index (χ0v) is 26.5. The van der Waals surface area contributed by atoms with Crippen molar-refractivity contribution in [3.63, 3.8) is 0 Å². The fraction of sp³-hybridized carbons (Fsp3) is 0.125. The highest BCUT2D eigenvalue weighted by atomic mass is 19.4. The van der Waals surface area contributed by atoms with Crippen molar-refractivity contribution in [1.29, 1.82) is 5.26 Å². The molecule has 0 atom stereocenters. The topological polar surface area (TPSA) is 33.6 Å². The van der Waals surface area contributed by atoms with Crippen LogP contribution < -0.4 is 0 Å². The van der Waals surface area contributed by atoms with Gasteiger partial charge in [0.2, 0.25) is 0 Å². The van der Waals surface area contributed by atoms with Crippen molar-refractivity contribution < 1.29 is 39.5 Å². The Hall–Kier alpha value is -5.96. The molecule has 3 nitrogen and oxygen atoms in total. The minimum Gasteiger partial charge on any atom is -0.308 e. The van der Waals surface area contributed by atoms with E-state index in [1.165, 1.54) is 42.5 Å². The number of allylic oxidation sites excluding steroid dienone is 1. The first-order valence-corrected chi connectivity index (χ1v) is 15.9. The summed E-state index contributed by atoms with van der Waals surface area (Å²) in [4.78, 5) is 0.